The Kier molecular flexibility index (Phi) is 1.69. The highest BCUT2D eigenvalue weighted by molar-refractivity contribution is 5.75. The van der Waals surface area contributed by atoms with Crippen LogP contribution in [0.4, 0.5) is 4.79 Å². The van der Waals surface area contributed by atoms with Crippen LogP contribution in [0.1, 0.15) is 34.6 Å². The number of ether oxygens (including phenoxy) is 1. The number of amides is 1. The van der Waals surface area contributed by atoms with E-state index >= 15 is 0 Å². The van der Waals surface area contributed by atoms with Gasteiger partial charge in [0, 0.05) is 17.4 Å². The summed E-state index contributed by atoms with van der Waals surface area (Å²) < 4.78 is 5.41. The lowest BCUT2D eigenvalue weighted by Gasteiger charge is -2.68. The van der Waals surface area contributed by atoms with Gasteiger partial charge in [-0.2, -0.15) is 0 Å². The maximum absolute atomic E-state index is 12.1. The quantitative estimate of drug-likeness (QED) is 0.800. The van der Waals surface area contributed by atoms with Gasteiger partial charge in [0.1, 0.15) is 5.60 Å². The SMILES string of the molecule is CC1C2C3(CO)C4C(C)C1(NC(=O)OC(C)(C)C)C243. The molecule has 4 nitrogen and oxygen atoms in total. The molecule has 4 fully saturated rings. The molecule has 1 spiro atoms. The molecule has 19 heavy (non-hydrogen) atoms. The Labute approximate surface area is 113 Å². The smallest absolute Gasteiger partial charge is 0.408 e. The summed E-state index contributed by atoms with van der Waals surface area (Å²) in [7, 11) is 0. The molecule has 106 valence electrons. The Morgan fingerprint density at radius 2 is 1.79 bits per heavy atom. The summed E-state index contributed by atoms with van der Waals surface area (Å²) >= 11 is 0. The summed E-state index contributed by atoms with van der Waals surface area (Å²) in [6.07, 6.45) is -0.303. The molecule has 4 aliphatic rings. The predicted octanol–water partition coefficient (Wildman–Crippen LogP) is 1.77. The summed E-state index contributed by atoms with van der Waals surface area (Å²) in [4.78, 5) is 12.1. The van der Waals surface area contributed by atoms with Crippen LogP contribution in [0.5, 0.6) is 0 Å². The summed E-state index contributed by atoms with van der Waals surface area (Å²) in [6.45, 7) is 10.4. The molecule has 2 N–H and O–H groups in total. The molecule has 0 radical (unpaired) electrons. The molecule has 0 bridgehead atoms. The van der Waals surface area contributed by atoms with E-state index in [1.54, 1.807) is 0 Å². The molecule has 0 saturated heterocycles. The number of nitrogens with one attached hydrogen (secondary N) is 1. The number of hydrogen-bond donors (Lipinski definition) is 2. The Bertz CT molecular complexity index is 474. The van der Waals surface area contributed by atoms with Crippen LogP contribution in [0.25, 0.3) is 0 Å². The molecule has 0 aromatic rings. The first kappa shape index (κ1) is 12.0. The van der Waals surface area contributed by atoms with Gasteiger partial charge in [0.25, 0.3) is 0 Å². The van der Waals surface area contributed by atoms with E-state index < -0.39 is 5.60 Å². The number of rotatable bonds is 2. The van der Waals surface area contributed by atoms with Gasteiger partial charge in [-0.15, -0.1) is 0 Å². The predicted molar refractivity (Wildman–Crippen MR) is 69.4 cm³/mol. The molecule has 4 atom stereocenters. The van der Waals surface area contributed by atoms with Gasteiger partial charge in [0.15, 0.2) is 0 Å². The highest BCUT2D eigenvalue weighted by Gasteiger charge is 3.17. The van der Waals surface area contributed by atoms with Crippen molar-refractivity contribution in [3.63, 3.8) is 0 Å². The Morgan fingerprint density at radius 1 is 1.26 bits per heavy atom. The number of hydrogen-bond acceptors (Lipinski definition) is 3. The maximum atomic E-state index is 12.1. The van der Waals surface area contributed by atoms with Gasteiger partial charge in [0.2, 0.25) is 0 Å². The van der Waals surface area contributed by atoms with E-state index in [9.17, 15) is 9.90 Å². The van der Waals surface area contributed by atoms with Crippen molar-refractivity contribution in [3.8, 4) is 0 Å². The second-order valence-electron chi connectivity index (χ2n) is 8.10. The van der Waals surface area contributed by atoms with Crippen LogP contribution in [-0.2, 0) is 4.74 Å². The summed E-state index contributed by atoms with van der Waals surface area (Å²) in [5, 5.41) is 12.9. The number of carbonyl (C=O) groups is 1. The van der Waals surface area contributed by atoms with E-state index in [0.29, 0.717) is 23.7 Å². The van der Waals surface area contributed by atoms with Crippen molar-refractivity contribution in [2.24, 2.45) is 34.5 Å². The molecule has 4 unspecified atom stereocenters. The van der Waals surface area contributed by atoms with Crippen molar-refractivity contribution in [1.29, 1.82) is 0 Å². The molecular formula is C15H23NO3. The standard InChI is InChI=1S/C15H23NO3/c1-7-9-13(6-17)10-8(2)15(7,14(9,10)13)16-11(18)19-12(3,4)5/h7-10,17H,6H2,1-5H3,(H,16,18). The van der Waals surface area contributed by atoms with Crippen LogP contribution in [0.2, 0.25) is 0 Å². The van der Waals surface area contributed by atoms with Crippen LogP contribution in [-0.4, -0.2) is 28.9 Å². The van der Waals surface area contributed by atoms with Gasteiger partial charge in [-0.1, -0.05) is 13.8 Å². The first-order chi connectivity index (χ1) is 8.72. The molecule has 4 heteroatoms. The number of fused-ring (bicyclic) bond motifs is 2. The lowest BCUT2D eigenvalue weighted by molar-refractivity contribution is -0.167. The average Bonchev–Trinajstić information content (AvgIpc) is 3.05. The normalized spacial score (nSPS) is 59.1. The third-order valence-electron chi connectivity index (χ3n) is 6.78. The molecule has 0 aliphatic heterocycles. The fourth-order valence-electron chi connectivity index (χ4n) is 6.73. The van der Waals surface area contributed by atoms with E-state index in [-0.39, 0.29) is 29.1 Å². The lowest BCUT2D eigenvalue weighted by Crippen LogP contribution is -2.78. The highest BCUT2D eigenvalue weighted by atomic mass is 16.6. The Morgan fingerprint density at radius 3 is 2.21 bits per heavy atom. The monoisotopic (exact) mass is 265 g/mol. The zero-order chi connectivity index (χ0) is 14.0. The number of carbonyl (C=O) groups excluding carboxylic acids is 1. The third kappa shape index (κ3) is 0.810. The lowest BCUT2D eigenvalue weighted by atomic mass is 9.40. The van der Waals surface area contributed by atoms with Crippen molar-refractivity contribution >= 4 is 6.09 Å². The second kappa shape index (κ2) is 2.67. The topological polar surface area (TPSA) is 58.6 Å². The van der Waals surface area contributed by atoms with Gasteiger partial charge in [-0.3, -0.25) is 0 Å². The zero-order valence-corrected chi connectivity index (χ0v) is 12.3. The molecule has 4 aliphatic carbocycles. The van der Waals surface area contributed by atoms with Crippen LogP contribution < -0.4 is 5.32 Å². The minimum absolute atomic E-state index is 0.104. The fourth-order valence-corrected chi connectivity index (χ4v) is 6.73. The largest absolute Gasteiger partial charge is 0.444 e. The van der Waals surface area contributed by atoms with Crippen LogP contribution in [0, 0.1) is 34.5 Å². The van der Waals surface area contributed by atoms with Gasteiger partial charge in [-0.25, -0.2) is 4.79 Å². The van der Waals surface area contributed by atoms with Crippen LogP contribution >= 0.6 is 0 Å². The van der Waals surface area contributed by atoms with Gasteiger partial charge >= 0.3 is 6.09 Å². The molecular weight excluding hydrogens is 242 g/mol. The Hall–Kier alpha value is -0.770. The van der Waals surface area contributed by atoms with E-state index in [2.05, 4.69) is 19.2 Å². The second-order valence-corrected chi connectivity index (χ2v) is 8.10. The van der Waals surface area contributed by atoms with Gasteiger partial charge < -0.3 is 15.2 Å². The molecule has 0 aromatic heterocycles. The van der Waals surface area contributed by atoms with Crippen molar-refractivity contribution in [2.45, 2.75) is 45.8 Å². The third-order valence-corrected chi connectivity index (χ3v) is 6.78. The molecule has 4 rings (SSSR count). The number of alkyl carbamates (subject to hydrolysis) is 1. The average molecular weight is 265 g/mol. The van der Waals surface area contributed by atoms with Crippen LogP contribution in [0.15, 0.2) is 0 Å². The Balaban J connectivity index is 1.56. The molecule has 1 amide bonds. The number of aliphatic hydroxyl groups excluding tert-OH is 1. The first-order valence-electron chi connectivity index (χ1n) is 7.34. The van der Waals surface area contributed by atoms with E-state index in [4.69, 9.17) is 4.74 Å². The summed E-state index contributed by atoms with van der Waals surface area (Å²) in [6, 6.07) is 0. The van der Waals surface area contributed by atoms with E-state index in [1.165, 1.54) is 0 Å². The van der Waals surface area contributed by atoms with Crippen molar-refractivity contribution < 1.29 is 14.6 Å². The van der Waals surface area contributed by atoms with Crippen LogP contribution in [0.3, 0.4) is 0 Å². The van der Waals surface area contributed by atoms with E-state index in [1.807, 2.05) is 20.8 Å². The minimum Gasteiger partial charge on any atom is -0.444 e. The van der Waals surface area contributed by atoms with Gasteiger partial charge in [0.05, 0.1) is 5.54 Å². The summed E-state index contributed by atoms with van der Waals surface area (Å²) in [5.41, 5.74) is -0.170. The van der Waals surface area contributed by atoms with Crippen molar-refractivity contribution in [3.05, 3.63) is 0 Å². The molecule has 0 heterocycles. The fraction of sp³-hybridized carbons (Fsp3) is 0.933. The van der Waals surface area contributed by atoms with Crippen molar-refractivity contribution in [2.75, 3.05) is 6.61 Å². The molecule has 4 saturated carbocycles. The zero-order valence-electron chi connectivity index (χ0n) is 12.3. The van der Waals surface area contributed by atoms with E-state index in [0.717, 1.165) is 0 Å². The summed E-state index contributed by atoms with van der Waals surface area (Å²) in [5.74, 6) is 2.21. The van der Waals surface area contributed by atoms with Gasteiger partial charge in [-0.05, 0) is 44.4 Å². The number of aliphatic hydroxyl groups is 1. The van der Waals surface area contributed by atoms with Crippen molar-refractivity contribution in [1.82, 2.24) is 5.32 Å². The maximum Gasteiger partial charge on any atom is 0.408 e. The first-order valence-corrected chi connectivity index (χ1v) is 7.34. The highest BCUT2D eigenvalue weighted by Crippen LogP contribution is 3.13. The minimum atomic E-state index is -0.460. The molecule has 0 aromatic carbocycles.